The summed E-state index contributed by atoms with van der Waals surface area (Å²) in [4.78, 5) is 0. The van der Waals surface area contributed by atoms with Gasteiger partial charge in [0.1, 0.15) is 11.6 Å². The van der Waals surface area contributed by atoms with Gasteiger partial charge in [-0.05, 0) is 35.1 Å². The van der Waals surface area contributed by atoms with Crippen molar-refractivity contribution >= 4 is 15.6 Å². The molecule has 0 radical (unpaired) electrons. The van der Waals surface area contributed by atoms with Gasteiger partial charge in [-0.1, -0.05) is 174 Å². The highest BCUT2D eigenvalue weighted by Gasteiger charge is 2.64. The highest BCUT2D eigenvalue weighted by molar-refractivity contribution is 7.60. The van der Waals surface area contributed by atoms with Crippen LogP contribution in [0.3, 0.4) is 0 Å². The molecule has 0 amide bonds. The van der Waals surface area contributed by atoms with Gasteiger partial charge in [-0.15, -0.1) is 0 Å². The molecular weight excluding hydrogens is 561 g/mol. The van der Waals surface area contributed by atoms with E-state index in [9.17, 15) is 0 Å². The van der Waals surface area contributed by atoms with Gasteiger partial charge in [0.05, 0.1) is 8.07 Å². The number of rotatable bonds is 11. The van der Waals surface area contributed by atoms with Crippen molar-refractivity contribution in [2.75, 3.05) is 0 Å². The Bertz CT molecular complexity index is 1390. The average molecular weight is 610 g/mol. The van der Waals surface area contributed by atoms with Gasteiger partial charge < -0.3 is 4.52 Å². The van der Waals surface area contributed by atoms with Crippen molar-refractivity contribution in [2.24, 2.45) is 5.92 Å². The Morgan fingerprint density at radius 2 is 1.19 bits per heavy atom. The van der Waals surface area contributed by atoms with E-state index in [1.54, 1.807) is 0 Å². The maximum Gasteiger partial charge on any atom is 0.275 e. The number of hydrogen-bond donors (Lipinski definition) is 0. The van der Waals surface area contributed by atoms with Crippen molar-refractivity contribution < 1.29 is 9.09 Å². The Kier molecular flexibility index (Phi) is 9.63. The normalized spacial score (nSPS) is 22.7. The van der Waals surface area contributed by atoms with E-state index in [2.05, 4.69) is 160 Å². The smallest absolute Gasteiger partial charge is 0.275 e. The summed E-state index contributed by atoms with van der Waals surface area (Å²) in [7, 11) is -5.56. The van der Waals surface area contributed by atoms with Crippen molar-refractivity contribution in [3.63, 3.8) is 0 Å². The third-order valence-corrected chi connectivity index (χ3v) is 17.9. The molecule has 4 aromatic rings. The summed E-state index contributed by atoms with van der Waals surface area (Å²) in [5.41, 5.74) is 3.56. The van der Waals surface area contributed by atoms with Crippen LogP contribution >= 0.6 is 7.52 Å². The number of unbranched alkanes of at least 4 members (excludes halogenated alkanes) is 1. The van der Waals surface area contributed by atoms with E-state index in [4.69, 9.17) is 4.52 Å². The van der Waals surface area contributed by atoms with Gasteiger partial charge in [0, 0.05) is 11.3 Å². The van der Waals surface area contributed by atoms with Crippen molar-refractivity contribution in [1.29, 1.82) is 0 Å². The third-order valence-electron chi connectivity index (χ3n) is 9.23. The Labute approximate surface area is 260 Å². The topological polar surface area (TPSA) is 29.5 Å². The molecule has 226 valence electrons. The highest BCUT2D eigenvalue weighted by atomic mass is 31.2. The summed E-state index contributed by atoms with van der Waals surface area (Å²) in [5.74, 6) is 0.265. The molecule has 5 heteroatoms. The van der Waals surface area contributed by atoms with E-state index in [-0.39, 0.29) is 23.3 Å². The fourth-order valence-electron chi connectivity index (χ4n) is 7.66. The first-order chi connectivity index (χ1) is 20.7. The monoisotopic (exact) mass is 609 g/mol. The molecule has 1 saturated heterocycles. The van der Waals surface area contributed by atoms with Gasteiger partial charge in [0.25, 0.3) is 7.52 Å². The molecule has 5 rings (SSSR count). The Hall–Kier alpha value is -2.75. The SMILES string of the molecule is CCCC[C@@H](C)C([Si](C)(C)C)P1(=O)O[C@H](c2ccccc2)[C@H](C)N1C(c1ccccc1)(c1ccccc1)c1ccccc1. The van der Waals surface area contributed by atoms with Crippen LogP contribution in [0.1, 0.15) is 68.4 Å². The first-order valence-electron chi connectivity index (χ1n) is 15.9. The number of hydrogen-bond acceptors (Lipinski definition) is 2. The quantitative estimate of drug-likeness (QED) is 0.0962. The van der Waals surface area contributed by atoms with Gasteiger partial charge in [0.2, 0.25) is 0 Å². The molecule has 1 aliphatic heterocycles. The molecule has 0 saturated carbocycles. The maximum absolute atomic E-state index is 16.6. The fourth-order valence-corrected chi connectivity index (χ4v) is 17.3. The van der Waals surface area contributed by atoms with Crippen LogP contribution in [-0.2, 0) is 14.6 Å². The van der Waals surface area contributed by atoms with E-state index in [0.717, 1.165) is 41.5 Å². The number of nitrogens with zero attached hydrogens (tertiary/aromatic N) is 1. The summed E-state index contributed by atoms with van der Waals surface area (Å²) in [6, 6.07) is 42.4. The highest BCUT2D eigenvalue weighted by Crippen LogP contribution is 2.74. The minimum Gasteiger partial charge on any atom is -0.307 e. The minimum absolute atomic E-state index is 0.0433. The van der Waals surface area contributed by atoms with Crippen LogP contribution in [0.25, 0.3) is 0 Å². The lowest BCUT2D eigenvalue weighted by Gasteiger charge is -2.50. The molecule has 43 heavy (non-hydrogen) atoms. The van der Waals surface area contributed by atoms with Crippen LogP contribution < -0.4 is 0 Å². The molecule has 0 N–H and O–H groups in total. The zero-order valence-corrected chi connectivity index (χ0v) is 28.6. The fraction of sp³-hybridized carbons (Fsp3) is 0.368. The molecule has 0 spiro atoms. The second-order valence-corrected chi connectivity index (χ2v) is 21.5. The van der Waals surface area contributed by atoms with Crippen LogP contribution in [0, 0.1) is 5.92 Å². The van der Waals surface area contributed by atoms with Crippen LogP contribution in [-0.4, -0.2) is 24.1 Å². The zero-order valence-electron chi connectivity index (χ0n) is 26.7. The third kappa shape index (κ3) is 5.88. The van der Waals surface area contributed by atoms with Gasteiger partial charge in [-0.2, -0.15) is 0 Å². The molecule has 1 aliphatic rings. The predicted molar refractivity (Wildman–Crippen MR) is 184 cm³/mol. The summed E-state index contributed by atoms with van der Waals surface area (Å²) in [5, 5.41) is -0.0433. The standard InChI is InChI=1S/C38H48NO2PSi/c1-7-8-21-30(2)37(43(4,5)6)42(40)39(31(3)36(41-42)32-22-13-9-14-23-32)38(33-24-15-10-16-25-33,34-26-17-11-18-27-34)35-28-19-12-20-29-35/h9-20,22-31,36-37H,7-8,21H2,1-6H3/t30-,31+,36+,37?,42?/m1/s1. The van der Waals surface area contributed by atoms with Crippen LogP contribution in [0.4, 0.5) is 0 Å². The molecule has 1 heterocycles. The minimum atomic E-state index is -3.51. The lowest BCUT2D eigenvalue weighted by Crippen LogP contribution is -2.53. The molecule has 3 nitrogen and oxygen atoms in total. The Balaban J connectivity index is 1.89. The molecule has 0 bridgehead atoms. The molecule has 0 aromatic heterocycles. The zero-order chi connectivity index (χ0) is 30.7. The van der Waals surface area contributed by atoms with E-state index >= 15 is 4.57 Å². The largest absolute Gasteiger partial charge is 0.307 e. The van der Waals surface area contributed by atoms with Gasteiger partial charge in [-0.3, -0.25) is 4.57 Å². The van der Waals surface area contributed by atoms with Gasteiger partial charge in [-0.25, -0.2) is 4.67 Å². The molecule has 5 atom stereocenters. The second kappa shape index (κ2) is 13.1. The molecule has 1 fully saturated rings. The van der Waals surface area contributed by atoms with Crippen molar-refractivity contribution in [3.05, 3.63) is 144 Å². The summed E-state index contributed by atoms with van der Waals surface area (Å²) >= 11 is 0. The van der Waals surface area contributed by atoms with E-state index in [1.165, 1.54) is 0 Å². The second-order valence-electron chi connectivity index (χ2n) is 13.3. The summed E-state index contributed by atoms with van der Waals surface area (Å²) < 4.78 is 26.2. The van der Waals surface area contributed by atoms with Crippen molar-refractivity contribution in [1.82, 2.24) is 4.67 Å². The van der Waals surface area contributed by atoms with E-state index in [1.807, 2.05) is 6.07 Å². The summed E-state index contributed by atoms with van der Waals surface area (Å²) in [6.45, 7) is 14.0. The maximum atomic E-state index is 16.6. The first-order valence-corrected chi connectivity index (χ1v) is 21.2. The Morgan fingerprint density at radius 3 is 1.58 bits per heavy atom. The summed E-state index contributed by atoms with van der Waals surface area (Å²) in [6.07, 6.45) is 2.98. The van der Waals surface area contributed by atoms with E-state index < -0.39 is 21.1 Å². The first kappa shape index (κ1) is 31.7. The van der Waals surface area contributed by atoms with Gasteiger partial charge in [0.15, 0.2) is 0 Å². The van der Waals surface area contributed by atoms with Crippen molar-refractivity contribution in [2.45, 2.75) is 82.6 Å². The van der Waals surface area contributed by atoms with Gasteiger partial charge >= 0.3 is 0 Å². The van der Waals surface area contributed by atoms with Crippen LogP contribution in [0.2, 0.25) is 19.6 Å². The average Bonchev–Trinajstić information content (AvgIpc) is 3.28. The molecule has 0 aliphatic carbocycles. The van der Waals surface area contributed by atoms with Crippen LogP contribution in [0.15, 0.2) is 121 Å². The molecule has 2 unspecified atom stereocenters. The Morgan fingerprint density at radius 1 is 0.767 bits per heavy atom. The molecule has 4 aromatic carbocycles. The van der Waals surface area contributed by atoms with Crippen molar-refractivity contribution in [3.8, 4) is 0 Å². The lowest BCUT2D eigenvalue weighted by molar-refractivity contribution is 0.177. The molecular formula is C38H48NO2PSi. The predicted octanol–water partition coefficient (Wildman–Crippen LogP) is 10.7. The van der Waals surface area contributed by atoms with E-state index in [0.29, 0.717) is 0 Å². The number of benzene rings is 4. The lowest BCUT2D eigenvalue weighted by atomic mass is 9.76. The van der Waals surface area contributed by atoms with Crippen LogP contribution in [0.5, 0.6) is 0 Å².